The van der Waals surface area contributed by atoms with Gasteiger partial charge in [0.2, 0.25) is 0 Å². The second-order valence-electron chi connectivity index (χ2n) is 9.37. The van der Waals surface area contributed by atoms with Crippen LogP contribution in [0.2, 0.25) is 5.02 Å². The molecule has 4 aromatic rings. The summed E-state index contributed by atoms with van der Waals surface area (Å²) in [5.41, 5.74) is 8.76. The number of fused-ring (bicyclic) bond motifs is 3. The van der Waals surface area contributed by atoms with E-state index in [0.717, 1.165) is 22.2 Å². The van der Waals surface area contributed by atoms with Gasteiger partial charge >= 0.3 is 8.53 Å². The molecular weight excluding hydrogens is 509 g/mol. The van der Waals surface area contributed by atoms with Crippen molar-refractivity contribution in [3.05, 3.63) is 59.4 Å². The number of halogens is 1. The van der Waals surface area contributed by atoms with Crippen LogP contribution in [0.25, 0.3) is 21.9 Å². The Labute approximate surface area is 224 Å². The van der Waals surface area contributed by atoms with Crippen molar-refractivity contribution in [3.63, 3.8) is 0 Å². The zero-order valence-electron chi connectivity index (χ0n) is 21.9. The van der Waals surface area contributed by atoms with E-state index in [4.69, 9.17) is 36.1 Å². The van der Waals surface area contributed by atoms with Crippen LogP contribution in [0.1, 0.15) is 40.4 Å². The fourth-order valence-electron chi connectivity index (χ4n) is 3.84. The number of anilines is 1. The number of imidazole rings is 1. The Balaban J connectivity index is 1.65. The van der Waals surface area contributed by atoms with Crippen molar-refractivity contribution < 1.29 is 13.8 Å². The lowest BCUT2D eigenvalue weighted by atomic mass is 10.1. The monoisotopic (exact) mass is 543 g/mol. The maximum Gasteiger partial charge on any atom is 0.318 e. The molecule has 2 heterocycles. The van der Waals surface area contributed by atoms with E-state index in [-0.39, 0.29) is 12.1 Å². The molecule has 0 aliphatic heterocycles. The number of para-hydroxylation sites is 1. The second kappa shape index (κ2) is 12.4. The van der Waals surface area contributed by atoms with E-state index in [1.54, 1.807) is 12.1 Å². The van der Waals surface area contributed by atoms with Gasteiger partial charge in [-0.3, -0.25) is 0 Å². The van der Waals surface area contributed by atoms with E-state index in [1.165, 1.54) is 0 Å². The number of nitrogens with zero attached hydrogens (tertiary/aromatic N) is 3. The fraction of sp³-hybridized carbons (Fsp3) is 0.407. The minimum Gasteiger partial charge on any atom is -0.436 e. The molecule has 37 heavy (non-hydrogen) atoms. The molecule has 3 atom stereocenters. The normalized spacial score (nSPS) is 14.4. The van der Waals surface area contributed by atoms with Gasteiger partial charge in [-0.05, 0) is 57.0 Å². The SMILES string of the molecule is CCOCc1nc2c(N)nc3ccccc3c2n1C[C@@H](C)O[P@@](N[C@@H](C)C(C)C)Oc1ccc(Cl)cc1. The van der Waals surface area contributed by atoms with Gasteiger partial charge in [-0.1, -0.05) is 43.6 Å². The van der Waals surface area contributed by atoms with Gasteiger partial charge in [0.25, 0.3) is 0 Å². The molecule has 0 spiro atoms. The van der Waals surface area contributed by atoms with Crippen LogP contribution in [0.4, 0.5) is 5.82 Å². The Morgan fingerprint density at radius 3 is 2.49 bits per heavy atom. The molecule has 0 saturated carbocycles. The van der Waals surface area contributed by atoms with E-state index in [2.05, 4.69) is 35.4 Å². The number of benzene rings is 2. The van der Waals surface area contributed by atoms with Crippen molar-refractivity contribution in [2.45, 2.75) is 59.9 Å². The third-order valence-corrected chi connectivity index (χ3v) is 7.95. The molecule has 3 N–H and O–H groups in total. The minimum absolute atomic E-state index is 0.197. The highest BCUT2D eigenvalue weighted by Gasteiger charge is 2.24. The zero-order valence-corrected chi connectivity index (χ0v) is 23.6. The molecule has 0 unspecified atom stereocenters. The summed E-state index contributed by atoms with van der Waals surface area (Å²) in [5, 5.41) is 5.17. The molecule has 0 bridgehead atoms. The topological polar surface area (TPSA) is 96.5 Å². The highest BCUT2D eigenvalue weighted by Crippen LogP contribution is 2.39. The minimum atomic E-state index is -1.44. The number of nitrogen functional groups attached to an aromatic ring is 1. The van der Waals surface area contributed by atoms with Gasteiger partial charge in [-0.2, -0.15) is 0 Å². The Hall–Kier alpha value is -2.48. The third kappa shape index (κ3) is 6.70. The van der Waals surface area contributed by atoms with Crippen LogP contribution in [0.15, 0.2) is 48.5 Å². The maximum absolute atomic E-state index is 6.49. The van der Waals surface area contributed by atoms with E-state index < -0.39 is 8.53 Å². The first kappa shape index (κ1) is 27.6. The average Bonchev–Trinajstić information content (AvgIpc) is 3.22. The third-order valence-electron chi connectivity index (χ3n) is 6.15. The lowest BCUT2D eigenvalue weighted by Crippen LogP contribution is -2.30. The second-order valence-corrected chi connectivity index (χ2v) is 11.0. The summed E-state index contributed by atoms with van der Waals surface area (Å²) in [6.07, 6.45) is -0.212. The van der Waals surface area contributed by atoms with Crippen molar-refractivity contribution >= 4 is 47.9 Å². The zero-order chi connectivity index (χ0) is 26.5. The number of nitrogens with two attached hydrogens (primary N) is 1. The fourth-order valence-corrected chi connectivity index (χ4v) is 5.46. The Morgan fingerprint density at radius 1 is 1.05 bits per heavy atom. The summed E-state index contributed by atoms with van der Waals surface area (Å²) in [6.45, 7) is 11.9. The molecular formula is C27H35ClN5O3P. The van der Waals surface area contributed by atoms with Crippen molar-refractivity contribution in [3.8, 4) is 5.75 Å². The first-order chi connectivity index (χ1) is 17.8. The summed E-state index contributed by atoms with van der Waals surface area (Å²) in [4.78, 5) is 9.38. The van der Waals surface area contributed by atoms with Crippen molar-refractivity contribution in [1.29, 1.82) is 0 Å². The van der Waals surface area contributed by atoms with Crippen molar-refractivity contribution in [1.82, 2.24) is 19.6 Å². The van der Waals surface area contributed by atoms with Crippen LogP contribution in [0.3, 0.4) is 0 Å². The quantitative estimate of drug-likeness (QED) is 0.192. The Kier molecular flexibility index (Phi) is 9.22. The molecule has 0 aliphatic rings. The van der Waals surface area contributed by atoms with Gasteiger partial charge in [-0.15, -0.1) is 0 Å². The van der Waals surface area contributed by atoms with Gasteiger partial charge in [0.05, 0.1) is 23.7 Å². The van der Waals surface area contributed by atoms with Crippen LogP contribution >= 0.6 is 20.1 Å². The number of nitrogens with one attached hydrogen (secondary N) is 1. The summed E-state index contributed by atoms with van der Waals surface area (Å²) < 4.78 is 20.6. The predicted molar refractivity (Wildman–Crippen MR) is 152 cm³/mol. The van der Waals surface area contributed by atoms with Gasteiger partial charge < -0.3 is 24.1 Å². The highest BCUT2D eigenvalue weighted by atomic mass is 35.5. The van der Waals surface area contributed by atoms with Crippen LogP contribution in [0.5, 0.6) is 5.75 Å². The smallest absolute Gasteiger partial charge is 0.318 e. The number of hydrogen-bond donors (Lipinski definition) is 2. The number of rotatable bonds is 12. The summed E-state index contributed by atoms with van der Waals surface area (Å²) in [6, 6.07) is 15.5. The van der Waals surface area contributed by atoms with E-state index in [0.29, 0.717) is 47.8 Å². The molecule has 2 aromatic heterocycles. The van der Waals surface area contributed by atoms with Crippen molar-refractivity contribution in [2.75, 3.05) is 12.3 Å². The van der Waals surface area contributed by atoms with Gasteiger partial charge in [0.1, 0.15) is 23.7 Å². The molecule has 4 rings (SSSR count). The highest BCUT2D eigenvalue weighted by molar-refractivity contribution is 7.45. The van der Waals surface area contributed by atoms with Crippen LogP contribution in [-0.2, 0) is 22.4 Å². The van der Waals surface area contributed by atoms with Gasteiger partial charge in [0.15, 0.2) is 5.82 Å². The molecule has 8 nitrogen and oxygen atoms in total. The van der Waals surface area contributed by atoms with E-state index >= 15 is 0 Å². The average molecular weight is 544 g/mol. The molecule has 2 aromatic carbocycles. The molecule has 0 amide bonds. The largest absolute Gasteiger partial charge is 0.436 e. The molecule has 10 heteroatoms. The predicted octanol–water partition coefficient (Wildman–Crippen LogP) is 6.70. The Bertz CT molecular complexity index is 1330. The van der Waals surface area contributed by atoms with E-state index in [1.807, 2.05) is 50.2 Å². The lowest BCUT2D eigenvalue weighted by molar-refractivity contribution is 0.122. The summed E-state index contributed by atoms with van der Waals surface area (Å²) >= 11 is 6.06. The lowest BCUT2D eigenvalue weighted by Gasteiger charge is -2.27. The molecule has 0 fully saturated rings. The van der Waals surface area contributed by atoms with Gasteiger partial charge in [0, 0.05) is 23.1 Å². The molecule has 198 valence electrons. The van der Waals surface area contributed by atoms with Crippen LogP contribution < -0.4 is 15.3 Å². The van der Waals surface area contributed by atoms with Crippen LogP contribution in [0, 0.1) is 5.92 Å². The van der Waals surface area contributed by atoms with Gasteiger partial charge in [-0.25, -0.2) is 15.1 Å². The first-order valence-electron chi connectivity index (χ1n) is 12.5. The van der Waals surface area contributed by atoms with Crippen molar-refractivity contribution in [2.24, 2.45) is 5.92 Å². The Morgan fingerprint density at radius 2 is 1.78 bits per heavy atom. The molecule has 0 saturated heterocycles. The first-order valence-corrected chi connectivity index (χ1v) is 14.1. The standard InChI is InChI=1S/C27H35ClN5O3P/c1-6-34-16-24-31-25-26(22-9-7-8-10-23(22)30-27(25)29)33(24)15-18(4)35-37(32-19(5)17(2)3)36-21-13-11-20(28)12-14-21/h7-14,17-19,32H,6,15-16H2,1-5H3,(H2,29,30)/t18-,19+,37-/m1/s1. The maximum atomic E-state index is 6.49. The number of aromatic nitrogens is 3. The molecule has 0 aliphatic carbocycles. The number of hydrogen-bond acceptors (Lipinski definition) is 7. The summed E-state index contributed by atoms with van der Waals surface area (Å²) in [5.74, 6) is 2.29. The summed E-state index contributed by atoms with van der Waals surface area (Å²) in [7, 11) is -1.44. The van der Waals surface area contributed by atoms with Crippen LogP contribution in [-0.4, -0.2) is 33.3 Å². The number of ether oxygens (including phenoxy) is 1. The number of pyridine rings is 1. The molecule has 0 radical (unpaired) electrons. The van der Waals surface area contributed by atoms with E-state index in [9.17, 15) is 0 Å².